The highest BCUT2D eigenvalue weighted by atomic mass is 16.5. The van der Waals surface area contributed by atoms with Crippen molar-refractivity contribution < 1.29 is 4.52 Å². The van der Waals surface area contributed by atoms with Crippen LogP contribution in [-0.2, 0) is 6.54 Å². The van der Waals surface area contributed by atoms with Crippen LogP contribution in [0.4, 0.5) is 0 Å². The lowest BCUT2D eigenvalue weighted by molar-refractivity contribution is 0.370. The number of aromatic nitrogens is 1. The Morgan fingerprint density at radius 1 is 1.69 bits per heavy atom. The van der Waals surface area contributed by atoms with Gasteiger partial charge in [0.15, 0.2) is 5.76 Å². The summed E-state index contributed by atoms with van der Waals surface area (Å²) in [6, 6.07) is 1.94. The third-order valence-corrected chi connectivity index (χ3v) is 1.70. The standard InChI is InChI=1S/C10H16N2O/c1-8(2)4-5-11-7-10-6-9(3)12-13-10/h6,11H,1,4-5,7H2,2-3H3. The van der Waals surface area contributed by atoms with Gasteiger partial charge in [-0.05, 0) is 26.8 Å². The first-order valence-corrected chi connectivity index (χ1v) is 4.46. The second-order valence-electron chi connectivity index (χ2n) is 3.32. The Morgan fingerprint density at radius 3 is 3.00 bits per heavy atom. The van der Waals surface area contributed by atoms with Crippen molar-refractivity contribution in [2.75, 3.05) is 6.54 Å². The fourth-order valence-corrected chi connectivity index (χ4v) is 1.01. The van der Waals surface area contributed by atoms with E-state index in [1.165, 1.54) is 5.57 Å². The fourth-order valence-electron chi connectivity index (χ4n) is 1.01. The van der Waals surface area contributed by atoms with Crippen molar-refractivity contribution in [3.63, 3.8) is 0 Å². The molecule has 0 aliphatic heterocycles. The molecule has 1 aromatic rings. The molecule has 0 spiro atoms. The van der Waals surface area contributed by atoms with Crippen molar-refractivity contribution >= 4 is 0 Å². The molecular weight excluding hydrogens is 164 g/mol. The first kappa shape index (κ1) is 9.99. The molecule has 0 unspecified atom stereocenters. The van der Waals surface area contributed by atoms with Gasteiger partial charge in [0.05, 0.1) is 12.2 Å². The summed E-state index contributed by atoms with van der Waals surface area (Å²) in [7, 11) is 0. The molecule has 3 nitrogen and oxygen atoms in total. The third-order valence-electron chi connectivity index (χ3n) is 1.70. The van der Waals surface area contributed by atoms with Crippen LogP contribution in [0.5, 0.6) is 0 Å². The van der Waals surface area contributed by atoms with Crippen molar-refractivity contribution in [3.8, 4) is 0 Å². The Hall–Kier alpha value is -1.09. The average molecular weight is 180 g/mol. The van der Waals surface area contributed by atoms with Crippen LogP contribution in [0.1, 0.15) is 24.8 Å². The van der Waals surface area contributed by atoms with E-state index in [9.17, 15) is 0 Å². The zero-order chi connectivity index (χ0) is 9.68. The highest BCUT2D eigenvalue weighted by Crippen LogP contribution is 2.01. The normalized spacial score (nSPS) is 10.3. The van der Waals surface area contributed by atoms with Crippen molar-refractivity contribution in [2.24, 2.45) is 0 Å². The average Bonchev–Trinajstić information content (AvgIpc) is 2.45. The SMILES string of the molecule is C=C(C)CCNCc1cc(C)no1. The first-order chi connectivity index (χ1) is 6.18. The summed E-state index contributed by atoms with van der Waals surface area (Å²) in [6.45, 7) is 9.46. The third kappa shape index (κ3) is 3.90. The van der Waals surface area contributed by atoms with Crippen LogP contribution >= 0.6 is 0 Å². The number of hydrogen-bond acceptors (Lipinski definition) is 3. The smallest absolute Gasteiger partial charge is 0.150 e. The largest absolute Gasteiger partial charge is 0.360 e. The molecule has 0 atom stereocenters. The van der Waals surface area contributed by atoms with E-state index in [0.29, 0.717) is 0 Å². The van der Waals surface area contributed by atoms with Crippen LogP contribution in [0.15, 0.2) is 22.7 Å². The zero-order valence-corrected chi connectivity index (χ0v) is 8.26. The van der Waals surface area contributed by atoms with E-state index in [1.54, 1.807) is 0 Å². The Kier molecular flexibility index (Phi) is 3.71. The number of aryl methyl sites for hydroxylation is 1. The lowest BCUT2D eigenvalue weighted by Gasteiger charge is -2.00. The molecule has 0 aliphatic rings. The second-order valence-corrected chi connectivity index (χ2v) is 3.32. The Bertz CT molecular complexity index is 278. The van der Waals surface area contributed by atoms with Crippen molar-refractivity contribution in [3.05, 3.63) is 29.7 Å². The van der Waals surface area contributed by atoms with E-state index in [-0.39, 0.29) is 0 Å². The molecule has 3 heteroatoms. The van der Waals surface area contributed by atoms with E-state index in [2.05, 4.69) is 17.1 Å². The highest BCUT2D eigenvalue weighted by Gasteiger charge is 1.98. The van der Waals surface area contributed by atoms with E-state index in [0.717, 1.165) is 31.0 Å². The minimum Gasteiger partial charge on any atom is -0.360 e. The van der Waals surface area contributed by atoms with Gasteiger partial charge < -0.3 is 9.84 Å². The summed E-state index contributed by atoms with van der Waals surface area (Å²) in [5, 5.41) is 7.05. The quantitative estimate of drug-likeness (QED) is 0.556. The summed E-state index contributed by atoms with van der Waals surface area (Å²) in [5.41, 5.74) is 2.12. The monoisotopic (exact) mass is 180 g/mol. The highest BCUT2D eigenvalue weighted by molar-refractivity contribution is 5.02. The summed E-state index contributed by atoms with van der Waals surface area (Å²) >= 11 is 0. The molecule has 1 heterocycles. The lowest BCUT2D eigenvalue weighted by atomic mass is 10.2. The minimum atomic E-state index is 0.744. The Labute approximate surface area is 78.8 Å². The van der Waals surface area contributed by atoms with E-state index in [4.69, 9.17) is 4.52 Å². The molecule has 0 saturated heterocycles. The molecule has 0 fully saturated rings. The van der Waals surface area contributed by atoms with Crippen molar-refractivity contribution in [1.82, 2.24) is 10.5 Å². The van der Waals surface area contributed by atoms with Gasteiger partial charge in [0.25, 0.3) is 0 Å². The van der Waals surface area contributed by atoms with Crippen LogP contribution in [0.25, 0.3) is 0 Å². The van der Waals surface area contributed by atoms with Gasteiger partial charge in [-0.15, -0.1) is 6.58 Å². The van der Waals surface area contributed by atoms with E-state index >= 15 is 0 Å². The number of rotatable bonds is 5. The van der Waals surface area contributed by atoms with Gasteiger partial charge in [-0.1, -0.05) is 10.7 Å². The fraction of sp³-hybridized carbons (Fsp3) is 0.500. The maximum Gasteiger partial charge on any atom is 0.150 e. The number of hydrogen-bond donors (Lipinski definition) is 1. The summed E-state index contributed by atoms with van der Waals surface area (Å²) < 4.78 is 5.04. The number of nitrogens with one attached hydrogen (secondary N) is 1. The molecule has 72 valence electrons. The van der Waals surface area contributed by atoms with Crippen molar-refractivity contribution in [2.45, 2.75) is 26.8 Å². The summed E-state index contributed by atoms with van der Waals surface area (Å²) in [5.74, 6) is 0.888. The Balaban J connectivity index is 2.16. The molecule has 0 saturated carbocycles. The molecule has 0 aliphatic carbocycles. The van der Waals surface area contributed by atoms with Gasteiger partial charge in [0, 0.05) is 6.07 Å². The van der Waals surface area contributed by atoms with Gasteiger partial charge in [-0.25, -0.2) is 0 Å². The van der Waals surface area contributed by atoms with Crippen LogP contribution in [0.3, 0.4) is 0 Å². The molecule has 1 aromatic heterocycles. The maximum absolute atomic E-state index is 5.04. The van der Waals surface area contributed by atoms with Gasteiger partial charge in [-0.3, -0.25) is 0 Å². The predicted molar refractivity (Wildman–Crippen MR) is 52.4 cm³/mol. The van der Waals surface area contributed by atoms with Crippen LogP contribution in [-0.4, -0.2) is 11.7 Å². The molecule has 1 N–H and O–H groups in total. The van der Waals surface area contributed by atoms with Gasteiger partial charge in [-0.2, -0.15) is 0 Å². The van der Waals surface area contributed by atoms with Crippen molar-refractivity contribution in [1.29, 1.82) is 0 Å². The minimum absolute atomic E-state index is 0.744. The summed E-state index contributed by atoms with van der Waals surface area (Å²) in [4.78, 5) is 0. The van der Waals surface area contributed by atoms with Crippen LogP contribution in [0, 0.1) is 6.92 Å². The molecule has 0 radical (unpaired) electrons. The molecule has 1 rings (SSSR count). The van der Waals surface area contributed by atoms with E-state index in [1.807, 2.05) is 19.9 Å². The second kappa shape index (κ2) is 4.82. The molecular formula is C10H16N2O. The van der Waals surface area contributed by atoms with Crippen LogP contribution < -0.4 is 5.32 Å². The summed E-state index contributed by atoms with van der Waals surface area (Å²) in [6.07, 6.45) is 1.01. The van der Waals surface area contributed by atoms with Gasteiger partial charge >= 0.3 is 0 Å². The molecule has 0 bridgehead atoms. The maximum atomic E-state index is 5.04. The zero-order valence-electron chi connectivity index (χ0n) is 8.26. The molecule has 0 amide bonds. The first-order valence-electron chi connectivity index (χ1n) is 4.46. The van der Waals surface area contributed by atoms with Gasteiger partial charge in [0.2, 0.25) is 0 Å². The topological polar surface area (TPSA) is 38.1 Å². The predicted octanol–water partition coefficient (Wildman–Crippen LogP) is 2.04. The number of nitrogens with zero attached hydrogens (tertiary/aromatic N) is 1. The van der Waals surface area contributed by atoms with Crippen LogP contribution in [0.2, 0.25) is 0 Å². The lowest BCUT2D eigenvalue weighted by Crippen LogP contribution is -2.14. The van der Waals surface area contributed by atoms with E-state index < -0.39 is 0 Å². The Morgan fingerprint density at radius 2 is 2.46 bits per heavy atom. The van der Waals surface area contributed by atoms with Gasteiger partial charge in [0.1, 0.15) is 0 Å². The molecule has 13 heavy (non-hydrogen) atoms. The molecule has 0 aromatic carbocycles.